The van der Waals surface area contributed by atoms with Gasteiger partial charge in [0.25, 0.3) is 0 Å². The maximum Gasteiger partial charge on any atom is 0.159 e. The van der Waals surface area contributed by atoms with Crippen molar-refractivity contribution in [3.8, 4) is 0 Å². The van der Waals surface area contributed by atoms with Crippen molar-refractivity contribution in [3.05, 3.63) is 29.6 Å². The molecular weight excluding hydrogens is 164 g/mol. The van der Waals surface area contributed by atoms with Crippen LogP contribution >= 0.6 is 0 Å². The number of carbonyl (C=O) groups is 1. The van der Waals surface area contributed by atoms with Crippen LogP contribution in [0.2, 0.25) is 0 Å². The summed E-state index contributed by atoms with van der Waals surface area (Å²) in [5.74, 6) is 0.949. The summed E-state index contributed by atoms with van der Waals surface area (Å²) in [6, 6.07) is 5.48. The first kappa shape index (κ1) is 7.98. The molecule has 0 saturated carbocycles. The van der Waals surface area contributed by atoms with E-state index in [0.29, 0.717) is 0 Å². The zero-order valence-corrected chi connectivity index (χ0v) is 7.59. The highest BCUT2D eigenvalue weighted by molar-refractivity contribution is 5.97. The number of Topliss-reactive ketones (excluding diaryl/α,β-unsaturated/α-hetero) is 1. The predicted molar refractivity (Wildman–Crippen MR) is 52.9 cm³/mol. The first-order valence-corrected chi connectivity index (χ1v) is 4.14. The molecule has 0 atom stereocenters. The van der Waals surface area contributed by atoms with Gasteiger partial charge in [0.15, 0.2) is 5.78 Å². The standard InChI is InChI=1S/C10H10N2O.H2/c1-6(13)8-3-4-9-10(5-8)12-7(2)11-9;/h3-5H,1-2H3,(H,11,12);1H. The van der Waals surface area contributed by atoms with Crippen molar-refractivity contribution in [1.29, 1.82) is 0 Å². The summed E-state index contributed by atoms with van der Waals surface area (Å²) in [7, 11) is 0. The Bertz CT molecular complexity index is 476. The number of hydrogen-bond donors (Lipinski definition) is 1. The molecular formula is C10H12N2O. The fourth-order valence-corrected chi connectivity index (χ4v) is 1.36. The summed E-state index contributed by atoms with van der Waals surface area (Å²) in [6.45, 7) is 3.46. The van der Waals surface area contributed by atoms with Crippen molar-refractivity contribution in [2.24, 2.45) is 0 Å². The van der Waals surface area contributed by atoms with Gasteiger partial charge >= 0.3 is 0 Å². The maximum atomic E-state index is 11.1. The van der Waals surface area contributed by atoms with Crippen LogP contribution in [0.1, 0.15) is 24.5 Å². The van der Waals surface area contributed by atoms with Crippen molar-refractivity contribution in [3.63, 3.8) is 0 Å². The lowest BCUT2D eigenvalue weighted by atomic mass is 10.1. The number of rotatable bonds is 1. The maximum absolute atomic E-state index is 11.1. The highest BCUT2D eigenvalue weighted by Gasteiger charge is 2.02. The van der Waals surface area contributed by atoms with Gasteiger partial charge in [-0.15, -0.1) is 0 Å². The van der Waals surface area contributed by atoms with Gasteiger partial charge in [-0.3, -0.25) is 4.79 Å². The molecule has 0 unspecified atom stereocenters. The average molecular weight is 176 g/mol. The third kappa shape index (κ3) is 1.33. The van der Waals surface area contributed by atoms with Gasteiger partial charge in [-0.1, -0.05) is 0 Å². The van der Waals surface area contributed by atoms with Gasteiger partial charge in [-0.25, -0.2) is 4.98 Å². The molecule has 1 aromatic carbocycles. The fraction of sp³-hybridized carbons (Fsp3) is 0.200. The van der Waals surface area contributed by atoms with Gasteiger partial charge in [0.05, 0.1) is 11.0 Å². The van der Waals surface area contributed by atoms with Gasteiger partial charge in [-0.2, -0.15) is 0 Å². The molecule has 0 fully saturated rings. The molecule has 3 nitrogen and oxygen atoms in total. The second-order valence-electron chi connectivity index (χ2n) is 3.11. The summed E-state index contributed by atoms with van der Waals surface area (Å²) in [6.07, 6.45) is 0. The number of ketones is 1. The largest absolute Gasteiger partial charge is 0.342 e. The highest BCUT2D eigenvalue weighted by atomic mass is 16.1. The number of aryl methyl sites for hydroxylation is 1. The molecule has 1 aromatic heterocycles. The molecule has 0 radical (unpaired) electrons. The number of nitrogens with one attached hydrogen (secondary N) is 1. The topological polar surface area (TPSA) is 45.8 Å². The van der Waals surface area contributed by atoms with Crippen molar-refractivity contribution in [1.82, 2.24) is 9.97 Å². The minimum absolute atomic E-state index is 0. The molecule has 0 spiro atoms. The minimum Gasteiger partial charge on any atom is -0.342 e. The predicted octanol–water partition coefficient (Wildman–Crippen LogP) is 2.32. The van der Waals surface area contributed by atoms with Gasteiger partial charge in [0.2, 0.25) is 0 Å². The van der Waals surface area contributed by atoms with Crippen LogP contribution in [-0.2, 0) is 0 Å². The van der Waals surface area contributed by atoms with Crippen molar-refractivity contribution >= 4 is 16.8 Å². The zero-order chi connectivity index (χ0) is 9.42. The van der Waals surface area contributed by atoms with Gasteiger partial charge < -0.3 is 4.98 Å². The Morgan fingerprint density at radius 1 is 1.54 bits per heavy atom. The summed E-state index contributed by atoms with van der Waals surface area (Å²) >= 11 is 0. The van der Waals surface area contributed by atoms with E-state index in [9.17, 15) is 4.79 Å². The van der Waals surface area contributed by atoms with E-state index in [0.717, 1.165) is 22.4 Å². The van der Waals surface area contributed by atoms with E-state index in [1.807, 2.05) is 19.1 Å². The number of H-pyrrole nitrogens is 1. The van der Waals surface area contributed by atoms with Crippen LogP contribution in [0.15, 0.2) is 18.2 Å². The molecule has 3 heteroatoms. The van der Waals surface area contributed by atoms with Crippen LogP contribution in [0.3, 0.4) is 0 Å². The van der Waals surface area contributed by atoms with Crippen LogP contribution in [0.25, 0.3) is 11.0 Å². The molecule has 2 aromatic rings. The van der Waals surface area contributed by atoms with Gasteiger partial charge in [0, 0.05) is 6.99 Å². The van der Waals surface area contributed by atoms with Crippen LogP contribution in [0, 0.1) is 6.92 Å². The normalized spacial score (nSPS) is 10.6. The zero-order valence-electron chi connectivity index (χ0n) is 7.59. The summed E-state index contributed by atoms with van der Waals surface area (Å²) in [4.78, 5) is 18.4. The minimum atomic E-state index is 0. The lowest BCUT2D eigenvalue weighted by Gasteiger charge is -1.93. The van der Waals surface area contributed by atoms with E-state index in [1.54, 1.807) is 13.0 Å². The van der Waals surface area contributed by atoms with Gasteiger partial charge in [-0.05, 0) is 32.0 Å². The molecule has 0 amide bonds. The number of imidazole rings is 1. The lowest BCUT2D eigenvalue weighted by molar-refractivity contribution is 0.101. The fourth-order valence-electron chi connectivity index (χ4n) is 1.36. The van der Waals surface area contributed by atoms with E-state index in [1.165, 1.54) is 0 Å². The van der Waals surface area contributed by atoms with Crippen molar-refractivity contribution in [2.45, 2.75) is 13.8 Å². The van der Waals surface area contributed by atoms with E-state index in [-0.39, 0.29) is 7.21 Å². The van der Waals surface area contributed by atoms with Crippen molar-refractivity contribution < 1.29 is 6.22 Å². The first-order chi connectivity index (χ1) is 6.16. The van der Waals surface area contributed by atoms with E-state index < -0.39 is 0 Å². The second kappa shape index (κ2) is 2.69. The van der Waals surface area contributed by atoms with E-state index >= 15 is 0 Å². The number of fused-ring (bicyclic) bond motifs is 1. The Morgan fingerprint density at radius 3 is 3.00 bits per heavy atom. The van der Waals surface area contributed by atoms with Crippen LogP contribution in [0.4, 0.5) is 0 Å². The Hall–Kier alpha value is -1.64. The number of hydrogen-bond acceptors (Lipinski definition) is 2. The molecule has 0 aliphatic heterocycles. The average Bonchev–Trinajstić information content (AvgIpc) is 2.42. The molecule has 68 valence electrons. The molecule has 2 rings (SSSR count). The Labute approximate surface area is 77.3 Å². The lowest BCUT2D eigenvalue weighted by Crippen LogP contribution is -1.90. The van der Waals surface area contributed by atoms with E-state index in [2.05, 4.69) is 9.97 Å². The highest BCUT2D eigenvalue weighted by Crippen LogP contribution is 2.13. The van der Waals surface area contributed by atoms with Crippen LogP contribution in [-0.4, -0.2) is 15.8 Å². The molecule has 0 bridgehead atoms. The molecule has 1 N–H and O–H groups in total. The van der Waals surface area contributed by atoms with Gasteiger partial charge in [0.1, 0.15) is 5.82 Å². The number of aromatic nitrogens is 2. The summed E-state index contributed by atoms with van der Waals surface area (Å²) in [5.41, 5.74) is 2.55. The molecule has 0 saturated heterocycles. The SMILES string of the molecule is CC(=O)c1ccc2nc(C)[nH]c2c1.[HH]. The Balaban J connectivity index is 0.000000980. The molecule has 1 heterocycles. The quantitative estimate of drug-likeness (QED) is 0.678. The molecule has 0 aliphatic carbocycles. The summed E-state index contributed by atoms with van der Waals surface area (Å²) in [5, 5.41) is 0. The smallest absolute Gasteiger partial charge is 0.159 e. The molecule has 13 heavy (non-hydrogen) atoms. The second-order valence-corrected chi connectivity index (χ2v) is 3.11. The van der Waals surface area contributed by atoms with Crippen LogP contribution in [0.5, 0.6) is 0 Å². The number of carbonyl (C=O) groups excluding carboxylic acids is 1. The molecule has 0 aliphatic rings. The number of aromatic amines is 1. The first-order valence-electron chi connectivity index (χ1n) is 4.14. The Kier molecular flexibility index (Phi) is 1.65. The van der Waals surface area contributed by atoms with Crippen molar-refractivity contribution in [2.75, 3.05) is 0 Å². The Morgan fingerprint density at radius 2 is 2.31 bits per heavy atom. The third-order valence-electron chi connectivity index (χ3n) is 2.01. The number of nitrogens with zero attached hydrogens (tertiary/aromatic N) is 1. The summed E-state index contributed by atoms with van der Waals surface area (Å²) < 4.78 is 0. The van der Waals surface area contributed by atoms with E-state index in [4.69, 9.17) is 0 Å². The monoisotopic (exact) mass is 176 g/mol. The van der Waals surface area contributed by atoms with Crippen LogP contribution < -0.4 is 0 Å². The third-order valence-corrected chi connectivity index (χ3v) is 2.01. The number of benzene rings is 1.